The van der Waals surface area contributed by atoms with Gasteiger partial charge in [-0.05, 0) is 44.8 Å². The molecule has 2 heteroatoms. The van der Waals surface area contributed by atoms with Crippen molar-refractivity contribution in [3.05, 3.63) is 35.9 Å². The van der Waals surface area contributed by atoms with Crippen molar-refractivity contribution in [2.75, 3.05) is 14.1 Å². The molecular weight excluding hydrogens is 222 g/mol. The molecule has 3 aliphatic rings. The van der Waals surface area contributed by atoms with E-state index in [1.807, 2.05) is 0 Å². The lowest BCUT2D eigenvalue weighted by molar-refractivity contribution is -0.0620. The molecule has 0 amide bonds. The minimum Gasteiger partial charge on any atom is -0.393 e. The maximum Gasteiger partial charge on any atom is 0.0586 e. The van der Waals surface area contributed by atoms with Gasteiger partial charge in [0.05, 0.1) is 6.10 Å². The number of benzene rings is 1. The van der Waals surface area contributed by atoms with E-state index in [1.54, 1.807) is 0 Å². The van der Waals surface area contributed by atoms with Crippen molar-refractivity contribution in [2.45, 2.75) is 37.3 Å². The first kappa shape index (κ1) is 12.2. The van der Waals surface area contributed by atoms with E-state index in [2.05, 4.69) is 49.3 Å². The fourth-order valence-corrected chi connectivity index (χ4v) is 4.32. The van der Waals surface area contributed by atoms with Gasteiger partial charge in [-0.1, -0.05) is 30.3 Å². The molecule has 1 N–H and O–H groups in total. The van der Waals surface area contributed by atoms with Gasteiger partial charge in [0.25, 0.3) is 0 Å². The second-order valence-corrected chi connectivity index (χ2v) is 6.20. The molecule has 98 valence electrons. The van der Waals surface area contributed by atoms with Crippen molar-refractivity contribution in [2.24, 2.45) is 11.8 Å². The van der Waals surface area contributed by atoms with Crippen LogP contribution >= 0.6 is 0 Å². The Bertz CT molecular complexity index is 403. The van der Waals surface area contributed by atoms with Gasteiger partial charge < -0.3 is 10.0 Å². The van der Waals surface area contributed by atoms with Gasteiger partial charge in [-0.25, -0.2) is 0 Å². The van der Waals surface area contributed by atoms with Crippen LogP contribution in [0.25, 0.3) is 0 Å². The Kier molecular flexibility index (Phi) is 3.16. The zero-order chi connectivity index (χ0) is 12.7. The van der Waals surface area contributed by atoms with Crippen molar-refractivity contribution in [3.8, 4) is 0 Å². The fourth-order valence-electron chi connectivity index (χ4n) is 4.32. The lowest BCUT2D eigenvalue weighted by atomic mass is 9.58. The molecule has 3 fully saturated rings. The van der Waals surface area contributed by atoms with Gasteiger partial charge in [0.1, 0.15) is 0 Å². The summed E-state index contributed by atoms with van der Waals surface area (Å²) >= 11 is 0. The number of fused-ring (bicyclic) bond motifs is 3. The molecule has 0 spiro atoms. The van der Waals surface area contributed by atoms with Crippen molar-refractivity contribution >= 4 is 0 Å². The van der Waals surface area contributed by atoms with Crippen LogP contribution in [0.15, 0.2) is 30.3 Å². The summed E-state index contributed by atoms with van der Waals surface area (Å²) in [5.41, 5.74) is 1.46. The summed E-state index contributed by atoms with van der Waals surface area (Å²) < 4.78 is 0. The molecule has 0 aromatic heterocycles. The van der Waals surface area contributed by atoms with Gasteiger partial charge in [-0.2, -0.15) is 0 Å². The second-order valence-electron chi connectivity index (χ2n) is 6.20. The minimum absolute atomic E-state index is 0.0869. The van der Waals surface area contributed by atoms with Crippen LogP contribution in [-0.4, -0.2) is 36.2 Å². The lowest BCUT2D eigenvalue weighted by Crippen LogP contribution is -2.55. The smallest absolute Gasteiger partial charge is 0.0586 e. The molecule has 3 saturated carbocycles. The molecule has 4 rings (SSSR count). The molecule has 5 atom stereocenters. The number of rotatable bonds is 2. The molecule has 0 aliphatic heterocycles. The van der Waals surface area contributed by atoms with E-state index in [0.717, 1.165) is 6.42 Å². The summed E-state index contributed by atoms with van der Waals surface area (Å²) in [5.74, 6) is 1.71. The Morgan fingerprint density at radius 2 is 1.83 bits per heavy atom. The van der Waals surface area contributed by atoms with E-state index < -0.39 is 0 Å². The van der Waals surface area contributed by atoms with E-state index in [9.17, 15) is 5.11 Å². The van der Waals surface area contributed by atoms with Crippen molar-refractivity contribution in [1.82, 2.24) is 4.90 Å². The SMILES string of the molecule is CN(C)[C@@H]1[C@H]2CC[C@H](C[C@H]2O)[C@H]1c1ccccc1. The van der Waals surface area contributed by atoms with E-state index in [1.165, 1.54) is 18.4 Å². The highest BCUT2D eigenvalue weighted by atomic mass is 16.3. The Labute approximate surface area is 110 Å². The molecule has 0 saturated heterocycles. The number of nitrogens with zero attached hydrogens (tertiary/aromatic N) is 1. The lowest BCUT2D eigenvalue weighted by Gasteiger charge is -2.53. The van der Waals surface area contributed by atoms with Gasteiger partial charge in [0.2, 0.25) is 0 Å². The number of hydrogen-bond acceptors (Lipinski definition) is 2. The summed E-state index contributed by atoms with van der Waals surface area (Å²) in [6.07, 6.45) is 3.38. The third-order valence-corrected chi connectivity index (χ3v) is 5.00. The summed E-state index contributed by atoms with van der Waals surface area (Å²) in [6.45, 7) is 0. The largest absolute Gasteiger partial charge is 0.393 e. The zero-order valence-corrected chi connectivity index (χ0v) is 11.3. The number of hydrogen-bond donors (Lipinski definition) is 1. The first-order valence-corrected chi connectivity index (χ1v) is 7.08. The first-order chi connectivity index (χ1) is 8.68. The molecule has 2 bridgehead atoms. The first-order valence-electron chi connectivity index (χ1n) is 7.08. The van der Waals surface area contributed by atoms with Crippen LogP contribution in [0.5, 0.6) is 0 Å². The normalized spacial score (nSPS) is 39.2. The Morgan fingerprint density at radius 3 is 2.44 bits per heavy atom. The van der Waals surface area contributed by atoms with E-state index in [-0.39, 0.29) is 6.10 Å². The maximum absolute atomic E-state index is 10.3. The fraction of sp³-hybridized carbons (Fsp3) is 0.625. The third kappa shape index (κ3) is 1.88. The quantitative estimate of drug-likeness (QED) is 0.865. The molecular formula is C16H23NO. The maximum atomic E-state index is 10.3. The molecule has 2 nitrogen and oxygen atoms in total. The van der Waals surface area contributed by atoms with Gasteiger partial charge in [-0.3, -0.25) is 0 Å². The highest BCUT2D eigenvalue weighted by Crippen LogP contribution is 2.51. The molecule has 0 heterocycles. The van der Waals surface area contributed by atoms with Gasteiger partial charge >= 0.3 is 0 Å². The van der Waals surface area contributed by atoms with Crippen LogP contribution in [0.1, 0.15) is 30.7 Å². The minimum atomic E-state index is -0.0869. The number of aliphatic hydroxyl groups is 1. The van der Waals surface area contributed by atoms with Crippen molar-refractivity contribution in [3.63, 3.8) is 0 Å². The predicted octanol–water partition coefficient (Wildman–Crippen LogP) is 2.49. The Balaban J connectivity index is 1.97. The van der Waals surface area contributed by atoms with Crippen LogP contribution in [0.2, 0.25) is 0 Å². The topological polar surface area (TPSA) is 23.5 Å². The van der Waals surface area contributed by atoms with E-state index in [4.69, 9.17) is 0 Å². The molecule has 0 unspecified atom stereocenters. The van der Waals surface area contributed by atoms with Gasteiger partial charge in [0, 0.05) is 17.9 Å². The van der Waals surface area contributed by atoms with Crippen LogP contribution in [0.4, 0.5) is 0 Å². The average Bonchev–Trinajstić information content (AvgIpc) is 2.39. The van der Waals surface area contributed by atoms with Gasteiger partial charge in [-0.15, -0.1) is 0 Å². The Hall–Kier alpha value is -0.860. The van der Waals surface area contributed by atoms with Gasteiger partial charge in [0.15, 0.2) is 0 Å². The zero-order valence-electron chi connectivity index (χ0n) is 11.3. The number of aliphatic hydroxyl groups excluding tert-OH is 1. The highest BCUT2D eigenvalue weighted by Gasteiger charge is 2.49. The summed E-state index contributed by atoms with van der Waals surface area (Å²) in [4.78, 5) is 2.33. The third-order valence-electron chi connectivity index (χ3n) is 5.00. The van der Waals surface area contributed by atoms with Crippen LogP contribution in [-0.2, 0) is 0 Å². The van der Waals surface area contributed by atoms with E-state index in [0.29, 0.717) is 23.8 Å². The Morgan fingerprint density at radius 1 is 1.11 bits per heavy atom. The molecule has 3 aliphatic carbocycles. The average molecular weight is 245 g/mol. The predicted molar refractivity (Wildman–Crippen MR) is 73.5 cm³/mol. The molecule has 0 radical (unpaired) electrons. The van der Waals surface area contributed by atoms with Crippen LogP contribution in [0.3, 0.4) is 0 Å². The number of likely N-dealkylation sites (N-methyl/N-ethyl adjacent to an activating group) is 1. The highest BCUT2D eigenvalue weighted by molar-refractivity contribution is 5.25. The molecule has 18 heavy (non-hydrogen) atoms. The van der Waals surface area contributed by atoms with Crippen LogP contribution in [0, 0.1) is 11.8 Å². The van der Waals surface area contributed by atoms with Crippen molar-refractivity contribution < 1.29 is 5.11 Å². The summed E-state index contributed by atoms with van der Waals surface area (Å²) in [6, 6.07) is 11.4. The standard InChI is InChI=1S/C16H23NO/c1-17(2)16-13-9-8-12(10-14(13)18)15(16)11-6-4-3-5-7-11/h3-7,12-16,18H,8-10H2,1-2H3/t12-,13+,14-,15-,16-/m1/s1. The van der Waals surface area contributed by atoms with E-state index >= 15 is 0 Å². The monoisotopic (exact) mass is 245 g/mol. The van der Waals surface area contributed by atoms with Crippen molar-refractivity contribution in [1.29, 1.82) is 0 Å². The summed E-state index contributed by atoms with van der Waals surface area (Å²) in [7, 11) is 4.32. The molecule has 1 aromatic carbocycles. The van der Waals surface area contributed by atoms with Crippen LogP contribution < -0.4 is 0 Å². The molecule has 1 aromatic rings. The second kappa shape index (κ2) is 4.67. The summed E-state index contributed by atoms with van der Waals surface area (Å²) in [5, 5.41) is 10.3.